The number of carbonyl (C=O) groups is 2. The summed E-state index contributed by atoms with van der Waals surface area (Å²) in [5.74, 6) is -0.575. The number of rotatable bonds is 3. The molecule has 1 N–H and O–H groups in total. The van der Waals surface area contributed by atoms with E-state index in [4.69, 9.17) is 0 Å². The van der Waals surface area contributed by atoms with Gasteiger partial charge in [0.15, 0.2) is 5.78 Å². The first-order chi connectivity index (χ1) is 10.4. The van der Waals surface area contributed by atoms with Gasteiger partial charge in [0, 0.05) is 17.2 Å². The number of esters is 1. The van der Waals surface area contributed by atoms with Gasteiger partial charge >= 0.3 is 5.97 Å². The Hall–Kier alpha value is -2.46. The highest BCUT2D eigenvalue weighted by Crippen LogP contribution is 2.37. The Balaban J connectivity index is 2.44. The summed E-state index contributed by atoms with van der Waals surface area (Å²) in [6, 6.07) is 6.96. The number of allylic oxidation sites excluding steroid dienone is 3. The van der Waals surface area contributed by atoms with Crippen LogP contribution in [0.25, 0.3) is 0 Å². The van der Waals surface area contributed by atoms with Crippen LogP contribution < -0.4 is 0 Å². The lowest BCUT2D eigenvalue weighted by molar-refractivity contribution is -0.134. The van der Waals surface area contributed by atoms with Crippen LogP contribution in [0.4, 0.5) is 0 Å². The summed E-state index contributed by atoms with van der Waals surface area (Å²) in [7, 11) is 1.30. The van der Waals surface area contributed by atoms with Crippen molar-refractivity contribution in [3.05, 3.63) is 70.8 Å². The molecule has 0 saturated heterocycles. The zero-order valence-corrected chi connectivity index (χ0v) is 12.8. The van der Waals surface area contributed by atoms with Crippen molar-refractivity contribution < 1.29 is 19.4 Å². The lowest BCUT2D eigenvalue weighted by Gasteiger charge is -2.31. The topological polar surface area (TPSA) is 63.6 Å². The van der Waals surface area contributed by atoms with E-state index < -0.39 is 11.6 Å². The Labute approximate surface area is 129 Å². The van der Waals surface area contributed by atoms with Crippen LogP contribution in [-0.4, -0.2) is 24.0 Å². The van der Waals surface area contributed by atoms with Gasteiger partial charge < -0.3 is 9.84 Å². The van der Waals surface area contributed by atoms with E-state index in [1.807, 2.05) is 0 Å². The molecule has 1 aromatic carbocycles. The third-order valence-electron chi connectivity index (χ3n) is 3.69. The minimum absolute atomic E-state index is 0.118. The zero-order valence-electron chi connectivity index (χ0n) is 12.8. The standard InChI is InChI=1S/C18H18O4/c1-12(10-17(20)22-3)8-9-18(21)13(2)11-16(19)14-6-4-5-7-15(14)18/h4-11,21H,1-3H3/b9-8+,12-10-/t18-/m0/s1. The smallest absolute Gasteiger partial charge is 0.330 e. The van der Waals surface area contributed by atoms with Gasteiger partial charge in [0.25, 0.3) is 0 Å². The van der Waals surface area contributed by atoms with Crippen molar-refractivity contribution in [3.63, 3.8) is 0 Å². The molecule has 0 amide bonds. The van der Waals surface area contributed by atoms with Gasteiger partial charge in [-0.25, -0.2) is 4.79 Å². The van der Waals surface area contributed by atoms with E-state index in [0.717, 1.165) is 0 Å². The summed E-state index contributed by atoms with van der Waals surface area (Å²) in [6.07, 6.45) is 5.99. The van der Waals surface area contributed by atoms with Crippen molar-refractivity contribution in [1.29, 1.82) is 0 Å². The normalized spacial score (nSPS) is 21.5. The maximum Gasteiger partial charge on any atom is 0.330 e. The number of aliphatic hydroxyl groups is 1. The van der Waals surface area contributed by atoms with Gasteiger partial charge in [-0.05, 0) is 37.1 Å². The third-order valence-corrected chi connectivity index (χ3v) is 3.69. The van der Waals surface area contributed by atoms with Gasteiger partial charge in [0.05, 0.1) is 7.11 Å². The van der Waals surface area contributed by atoms with Crippen LogP contribution in [0, 0.1) is 0 Å². The summed E-state index contributed by atoms with van der Waals surface area (Å²) < 4.78 is 4.56. The average molecular weight is 298 g/mol. The molecule has 114 valence electrons. The Morgan fingerprint density at radius 2 is 2.00 bits per heavy atom. The van der Waals surface area contributed by atoms with Gasteiger partial charge in [-0.1, -0.05) is 30.3 Å². The molecule has 0 bridgehead atoms. The van der Waals surface area contributed by atoms with Crippen LogP contribution in [0.3, 0.4) is 0 Å². The maximum atomic E-state index is 12.0. The molecule has 2 rings (SSSR count). The minimum atomic E-state index is -1.37. The summed E-state index contributed by atoms with van der Waals surface area (Å²) in [5, 5.41) is 11.0. The minimum Gasteiger partial charge on any atom is -0.466 e. The molecule has 0 aliphatic heterocycles. The van der Waals surface area contributed by atoms with E-state index in [0.29, 0.717) is 22.3 Å². The predicted molar refractivity (Wildman–Crippen MR) is 83.3 cm³/mol. The monoisotopic (exact) mass is 298 g/mol. The van der Waals surface area contributed by atoms with Crippen molar-refractivity contribution >= 4 is 11.8 Å². The molecule has 1 aliphatic rings. The second-order valence-electron chi connectivity index (χ2n) is 5.25. The van der Waals surface area contributed by atoms with E-state index in [1.54, 1.807) is 50.3 Å². The molecule has 0 heterocycles. The number of hydrogen-bond acceptors (Lipinski definition) is 4. The van der Waals surface area contributed by atoms with Crippen molar-refractivity contribution in [2.24, 2.45) is 0 Å². The molecule has 0 spiro atoms. The van der Waals surface area contributed by atoms with Gasteiger partial charge in [-0.15, -0.1) is 0 Å². The molecule has 0 aromatic heterocycles. The number of carbonyl (C=O) groups excluding carboxylic acids is 2. The first-order valence-electron chi connectivity index (χ1n) is 6.89. The fraction of sp³-hybridized carbons (Fsp3) is 0.222. The molecule has 4 heteroatoms. The van der Waals surface area contributed by atoms with Crippen molar-refractivity contribution in [3.8, 4) is 0 Å². The summed E-state index contributed by atoms with van der Waals surface area (Å²) in [5.41, 5.74) is 0.841. The molecule has 1 aromatic rings. The van der Waals surface area contributed by atoms with Crippen molar-refractivity contribution in [2.45, 2.75) is 19.4 Å². The fourth-order valence-corrected chi connectivity index (χ4v) is 2.39. The average Bonchev–Trinajstić information content (AvgIpc) is 2.51. The second kappa shape index (κ2) is 6.12. The first kappa shape index (κ1) is 15.9. The van der Waals surface area contributed by atoms with E-state index in [9.17, 15) is 14.7 Å². The molecule has 1 atom stereocenters. The Bertz CT molecular complexity index is 710. The summed E-state index contributed by atoms with van der Waals surface area (Å²) in [6.45, 7) is 3.44. The number of methoxy groups -OCH3 is 1. The van der Waals surface area contributed by atoms with E-state index in [2.05, 4.69) is 4.74 Å². The first-order valence-corrected chi connectivity index (χ1v) is 6.89. The number of ketones is 1. The Morgan fingerprint density at radius 3 is 2.68 bits per heavy atom. The van der Waals surface area contributed by atoms with E-state index in [1.165, 1.54) is 19.3 Å². The quantitative estimate of drug-likeness (QED) is 0.529. The van der Waals surface area contributed by atoms with Gasteiger partial charge in [0.2, 0.25) is 0 Å². The highest BCUT2D eigenvalue weighted by Gasteiger charge is 2.35. The lowest BCUT2D eigenvalue weighted by atomic mass is 9.78. The molecular formula is C18H18O4. The van der Waals surface area contributed by atoms with E-state index >= 15 is 0 Å². The highest BCUT2D eigenvalue weighted by atomic mass is 16.5. The molecule has 0 saturated carbocycles. The van der Waals surface area contributed by atoms with Crippen LogP contribution in [-0.2, 0) is 15.1 Å². The van der Waals surface area contributed by atoms with Crippen LogP contribution in [0.2, 0.25) is 0 Å². The van der Waals surface area contributed by atoms with Crippen LogP contribution in [0.1, 0.15) is 29.8 Å². The highest BCUT2D eigenvalue weighted by molar-refractivity contribution is 6.08. The zero-order chi connectivity index (χ0) is 16.3. The number of hydrogen-bond donors (Lipinski definition) is 1. The number of benzene rings is 1. The molecular weight excluding hydrogens is 280 g/mol. The van der Waals surface area contributed by atoms with Crippen molar-refractivity contribution in [1.82, 2.24) is 0 Å². The molecule has 1 aliphatic carbocycles. The van der Waals surface area contributed by atoms with Crippen LogP contribution in [0.5, 0.6) is 0 Å². The lowest BCUT2D eigenvalue weighted by Crippen LogP contribution is -2.31. The van der Waals surface area contributed by atoms with E-state index in [-0.39, 0.29) is 5.78 Å². The van der Waals surface area contributed by atoms with Gasteiger partial charge in [0.1, 0.15) is 5.60 Å². The molecule has 0 radical (unpaired) electrons. The molecule has 22 heavy (non-hydrogen) atoms. The number of fused-ring (bicyclic) bond motifs is 1. The van der Waals surface area contributed by atoms with Gasteiger partial charge in [-0.3, -0.25) is 4.79 Å². The predicted octanol–water partition coefficient (Wildman–Crippen LogP) is 2.69. The largest absolute Gasteiger partial charge is 0.466 e. The summed E-state index contributed by atoms with van der Waals surface area (Å²) in [4.78, 5) is 23.2. The Morgan fingerprint density at radius 1 is 1.32 bits per heavy atom. The summed E-state index contributed by atoms with van der Waals surface area (Å²) >= 11 is 0. The molecule has 0 fully saturated rings. The van der Waals surface area contributed by atoms with Crippen molar-refractivity contribution in [2.75, 3.05) is 7.11 Å². The SMILES string of the molecule is COC(=O)/C=C(C)\C=C\[C@]1(O)C(C)=CC(=O)c2ccccc21. The van der Waals surface area contributed by atoms with Gasteiger partial charge in [-0.2, -0.15) is 0 Å². The fourth-order valence-electron chi connectivity index (χ4n) is 2.39. The Kier molecular flexibility index (Phi) is 4.43. The van der Waals surface area contributed by atoms with Crippen LogP contribution >= 0.6 is 0 Å². The molecule has 4 nitrogen and oxygen atoms in total. The van der Waals surface area contributed by atoms with Crippen LogP contribution in [0.15, 0.2) is 59.7 Å². The second-order valence-corrected chi connectivity index (χ2v) is 5.25. The third kappa shape index (κ3) is 2.92. The molecule has 0 unspecified atom stereocenters. The number of ether oxygens (including phenoxy) is 1. The maximum absolute atomic E-state index is 12.0.